The quantitative estimate of drug-likeness (QED) is 0.542. The number of amides is 1. The van der Waals surface area contributed by atoms with E-state index in [9.17, 15) is 13.2 Å². The van der Waals surface area contributed by atoms with Crippen molar-refractivity contribution in [2.24, 2.45) is 5.92 Å². The molecule has 34 heavy (non-hydrogen) atoms. The van der Waals surface area contributed by atoms with Gasteiger partial charge in [-0.25, -0.2) is 23.1 Å². The molecule has 10 heteroatoms. The third-order valence-corrected chi connectivity index (χ3v) is 7.62. The first-order valence-corrected chi connectivity index (χ1v) is 12.7. The van der Waals surface area contributed by atoms with E-state index in [0.29, 0.717) is 29.0 Å². The highest BCUT2D eigenvalue weighted by atomic mass is 35.5. The highest BCUT2D eigenvalue weighted by Gasteiger charge is 2.39. The average molecular weight is 500 g/mol. The lowest BCUT2D eigenvalue weighted by Crippen LogP contribution is -2.41. The van der Waals surface area contributed by atoms with Crippen molar-refractivity contribution in [1.82, 2.24) is 14.7 Å². The summed E-state index contributed by atoms with van der Waals surface area (Å²) in [5.41, 5.74) is 6.89. The maximum absolute atomic E-state index is 13.3. The van der Waals surface area contributed by atoms with Crippen molar-refractivity contribution in [3.05, 3.63) is 65.3 Å². The largest absolute Gasteiger partial charge is 0.383 e. The Bertz CT molecular complexity index is 1360. The standard InChI is InChI=1S/C24H26ClN5O3S/c1-15-13-24(2,3)30(14-15)22-17(10-11-19(28-22)16-7-4-5-8-18(16)25)23(31)29-34(32,33)20-9-6-12-27-21(20)26/h4-12,15H,13-14H2,1-3H3,(H2,26,27)(H,29,31)/t15-/m0/s1. The average Bonchev–Trinajstić information content (AvgIpc) is 3.05. The molecule has 178 valence electrons. The topological polar surface area (TPSA) is 118 Å². The van der Waals surface area contributed by atoms with Gasteiger partial charge >= 0.3 is 0 Å². The Labute approximate surface area is 204 Å². The van der Waals surface area contributed by atoms with E-state index in [4.69, 9.17) is 22.3 Å². The number of anilines is 2. The number of nitrogens with two attached hydrogens (primary N) is 1. The van der Waals surface area contributed by atoms with Crippen LogP contribution in [0.15, 0.2) is 59.6 Å². The molecule has 0 radical (unpaired) electrons. The molecule has 1 aliphatic rings. The summed E-state index contributed by atoms with van der Waals surface area (Å²) in [7, 11) is -4.24. The highest BCUT2D eigenvalue weighted by molar-refractivity contribution is 7.90. The lowest BCUT2D eigenvalue weighted by atomic mass is 9.97. The molecule has 0 saturated carbocycles. The molecule has 1 atom stereocenters. The van der Waals surface area contributed by atoms with Crippen LogP contribution < -0.4 is 15.4 Å². The van der Waals surface area contributed by atoms with Crippen LogP contribution in [0, 0.1) is 5.92 Å². The Hall–Kier alpha value is -3.17. The number of hydrogen-bond acceptors (Lipinski definition) is 7. The molecule has 3 heterocycles. The molecule has 1 aromatic carbocycles. The summed E-state index contributed by atoms with van der Waals surface area (Å²) in [6.45, 7) is 6.97. The van der Waals surface area contributed by atoms with E-state index in [-0.39, 0.29) is 21.8 Å². The Balaban J connectivity index is 1.80. The Morgan fingerprint density at radius 1 is 1.18 bits per heavy atom. The van der Waals surface area contributed by atoms with E-state index >= 15 is 0 Å². The van der Waals surface area contributed by atoms with E-state index < -0.39 is 15.9 Å². The van der Waals surface area contributed by atoms with E-state index in [2.05, 4.69) is 35.4 Å². The van der Waals surface area contributed by atoms with Gasteiger partial charge in [0.15, 0.2) is 0 Å². The van der Waals surface area contributed by atoms with Crippen molar-refractivity contribution in [3.8, 4) is 11.3 Å². The summed E-state index contributed by atoms with van der Waals surface area (Å²) in [6, 6.07) is 13.3. The minimum Gasteiger partial charge on any atom is -0.383 e. The third kappa shape index (κ3) is 4.58. The summed E-state index contributed by atoms with van der Waals surface area (Å²) in [5, 5.41) is 0.529. The van der Waals surface area contributed by atoms with Crippen molar-refractivity contribution >= 4 is 39.2 Å². The van der Waals surface area contributed by atoms with Gasteiger partial charge in [-0.3, -0.25) is 4.79 Å². The van der Waals surface area contributed by atoms with Gasteiger partial charge in [-0.2, -0.15) is 0 Å². The number of rotatable bonds is 5. The number of hydrogen-bond donors (Lipinski definition) is 2. The minimum absolute atomic E-state index is 0.143. The molecule has 3 N–H and O–H groups in total. The zero-order valence-electron chi connectivity index (χ0n) is 19.1. The van der Waals surface area contributed by atoms with Crippen molar-refractivity contribution in [3.63, 3.8) is 0 Å². The summed E-state index contributed by atoms with van der Waals surface area (Å²) in [6.07, 6.45) is 2.28. The number of nitrogens with zero attached hydrogens (tertiary/aromatic N) is 3. The minimum atomic E-state index is -4.24. The molecule has 0 aliphatic carbocycles. The van der Waals surface area contributed by atoms with Gasteiger partial charge in [0.2, 0.25) is 0 Å². The molecule has 1 amide bonds. The number of nitrogen functional groups attached to an aromatic ring is 1. The molecule has 1 saturated heterocycles. The van der Waals surface area contributed by atoms with Crippen LogP contribution in [0.3, 0.4) is 0 Å². The Morgan fingerprint density at radius 2 is 1.91 bits per heavy atom. The third-order valence-electron chi connectivity index (χ3n) is 5.91. The molecular formula is C24H26ClN5O3S. The first kappa shape index (κ1) is 24.0. The van der Waals surface area contributed by atoms with Crippen LogP contribution >= 0.6 is 11.6 Å². The summed E-state index contributed by atoms with van der Waals surface area (Å²) < 4.78 is 27.9. The molecule has 8 nitrogen and oxygen atoms in total. The zero-order chi connectivity index (χ0) is 24.7. The SMILES string of the molecule is C[C@@H]1CN(c2nc(-c3ccccc3Cl)ccc2C(=O)NS(=O)(=O)c2cccnc2N)C(C)(C)C1. The van der Waals surface area contributed by atoms with Crippen LogP contribution in [0.4, 0.5) is 11.6 Å². The fraction of sp³-hybridized carbons (Fsp3) is 0.292. The molecule has 2 aromatic heterocycles. The van der Waals surface area contributed by atoms with Crippen LogP contribution in [-0.2, 0) is 10.0 Å². The van der Waals surface area contributed by atoms with E-state index in [1.54, 1.807) is 18.2 Å². The number of halogens is 1. The molecule has 3 aromatic rings. The molecular weight excluding hydrogens is 474 g/mol. The van der Waals surface area contributed by atoms with Gasteiger partial charge in [-0.05, 0) is 56.5 Å². The molecule has 0 bridgehead atoms. The normalized spacial score (nSPS) is 17.5. The monoisotopic (exact) mass is 499 g/mol. The number of carbonyl (C=O) groups is 1. The van der Waals surface area contributed by atoms with Crippen LogP contribution in [0.5, 0.6) is 0 Å². The van der Waals surface area contributed by atoms with Gasteiger partial charge in [0.05, 0.1) is 11.3 Å². The van der Waals surface area contributed by atoms with Gasteiger partial charge in [0, 0.05) is 28.9 Å². The predicted molar refractivity (Wildman–Crippen MR) is 133 cm³/mol. The predicted octanol–water partition coefficient (Wildman–Crippen LogP) is 4.12. The van der Waals surface area contributed by atoms with Crippen LogP contribution in [0.1, 0.15) is 37.6 Å². The van der Waals surface area contributed by atoms with Gasteiger partial charge in [-0.1, -0.05) is 36.7 Å². The van der Waals surface area contributed by atoms with Crippen LogP contribution in [0.2, 0.25) is 5.02 Å². The molecule has 4 rings (SSSR count). The van der Waals surface area contributed by atoms with Gasteiger partial charge in [-0.15, -0.1) is 0 Å². The summed E-state index contributed by atoms with van der Waals surface area (Å²) in [4.78, 5) is 23.7. The maximum Gasteiger partial charge on any atom is 0.268 e. The Morgan fingerprint density at radius 3 is 2.56 bits per heavy atom. The fourth-order valence-electron chi connectivity index (χ4n) is 4.47. The number of carbonyl (C=O) groups excluding carboxylic acids is 1. The van der Waals surface area contributed by atoms with Crippen molar-refractivity contribution < 1.29 is 13.2 Å². The maximum atomic E-state index is 13.3. The number of nitrogens with one attached hydrogen (secondary N) is 1. The zero-order valence-corrected chi connectivity index (χ0v) is 20.7. The van der Waals surface area contributed by atoms with Crippen LogP contribution in [-0.4, -0.2) is 36.4 Å². The second kappa shape index (κ2) is 8.88. The lowest BCUT2D eigenvalue weighted by Gasteiger charge is -2.34. The Kier molecular flexibility index (Phi) is 6.26. The van der Waals surface area contributed by atoms with Crippen molar-refractivity contribution in [1.29, 1.82) is 0 Å². The molecule has 1 aliphatic heterocycles. The smallest absolute Gasteiger partial charge is 0.268 e. The van der Waals surface area contributed by atoms with E-state index in [1.807, 2.05) is 18.2 Å². The fourth-order valence-corrected chi connectivity index (χ4v) is 5.75. The molecule has 0 unspecified atom stereocenters. The number of pyridine rings is 2. The van der Waals surface area contributed by atoms with E-state index in [0.717, 1.165) is 12.0 Å². The van der Waals surface area contributed by atoms with Crippen molar-refractivity contribution in [2.45, 2.75) is 37.6 Å². The number of benzene rings is 1. The number of sulfonamides is 1. The van der Waals surface area contributed by atoms with Crippen molar-refractivity contribution in [2.75, 3.05) is 17.2 Å². The highest BCUT2D eigenvalue weighted by Crippen LogP contribution is 2.39. The summed E-state index contributed by atoms with van der Waals surface area (Å²) in [5.74, 6) is -0.217. The lowest BCUT2D eigenvalue weighted by molar-refractivity contribution is 0.0981. The van der Waals surface area contributed by atoms with Gasteiger partial charge < -0.3 is 10.6 Å². The van der Waals surface area contributed by atoms with Gasteiger partial charge in [0.25, 0.3) is 15.9 Å². The van der Waals surface area contributed by atoms with E-state index in [1.165, 1.54) is 18.3 Å². The van der Waals surface area contributed by atoms with Crippen LogP contribution in [0.25, 0.3) is 11.3 Å². The van der Waals surface area contributed by atoms with Gasteiger partial charge in [0.1, 0.15) is 16.5 Å². The second-order valence-electron chi connectivity index (χ2n) is 9.10. The number of aromatic nitrogens is 2. The summed E-state index contributed by atoms with van der Waals surface area (Å²) >= 11 is 6.39. The second-order valence-corrected chi connectivity index (χ2v) is 11.2. The molecule has 1 fully saturated rings. The first-order chi connectivity index (χ1) is 16.0. The molecule has 0 spiro atoms. The first-order valence-electron chi connectivity index (χ1n) is 10.8.